The zero-order valence-corrected chi connectivity index (χ0v) is 10.00. The van der Waals surface area contributed by atoms with Gasteiger partial charge in [0.25, 0.3) is 0 Å². The first-order chi connectivity index (χ1) is 7.28. The van der Waals surface area contributed by atoms with E-state index in [1.165, 1.54) is 6.07 Å². The Bertz CT molecular complexity index is 394. The van der Waals surface area contributed by atoms with Crippen molar-refractivity contribution in [1.82, 2.24) is 0 Å². The second-order valence-corrected chi connectivity index (χ2v) is 4.65. The minimum absolute atomic E-state index is 0.0245. The molecule has 0 unspecified atom stereocenters. The van der Waals surface area contributed by atoms with E-state index in [4.69, 9.17) is 4.74 Å². The number of ether oxygens (including phenoxy) is 1. The van der Waals surface area contributed by atoms with Crippen LogP contribution in [0.2, 0.25) is 0 Å². The molecule has 0 heterocycles. The van der Waals surface area contributed by atoms with E-state index in [1.807, 2.05) is 6.92 Å². The maximum absolute atomic E-state index is 11.4. The lowest BCUT2D eigenvalue weighted by Gasteiger charge is -2.20. The summed E-state index contributed by atoms with van der Waals surface area (Å²) in [6.45, 7) is 7.22. The van der Waals surface area contributed by atoms with E-state index in [2.05, 4.69) is 5.32 Å². The first-order valence-electron chi connectivity index (χ1n) is 5.07. The van der Waals surface area contributed by atoms with Gasteiger partial charge in [-0.25, -0.2) is 4.79 Å². The summed E-state index contributed by atoms with van der Waals surface area (Å²) in [7, 11) is 0. The van der Waals surface area contributed by atoms with Crippen LogP contribution in [-0.2, 0) is 4.74 Å². The number of hydrogen-bond donors (Lipinski definition) is 2. The molecule has 1 aromatic rings. The fraction of sp³-hybridized carbons (Fsp3) is 0.417. The van der Waals surface area contributed by atoms with Crippen LogP contribution < -0.4 is 5.32 Å². The number of phenolic OH excluding ortho intramolecular Hbond substituents is 1. The quantitative estimate of drug-likeness (QED) is 0.719. The van der Waals surface area contributed by atoms with Crippen molar-refractivity contribution >= 4 is 11.8 Å². The summed E-state index contributed by atoms with van der Waals surface area (Å²) in [6, 6.07) is 4.97. The van der Waals surface area contributed by atoms with Gasteiger partial charge < -0.3 is 9.84 Å². The number of hydrogen-bond acceptors (Lipinski definition) is 3. The lowest BCUT2D eigenvalue weighted by Crippen LogP contribution is -2.27. The summed E-state index contributed by atoms with van der Waals surface area (Å²) in [5.74, 6) is 0.0245. The van der Waals surface area contributed by atoms with Gasteiger partial charge in [-0.15, -0.1) is 0 Å². The topological polar surface area (TPSA) is 58.6 Å². The molecule has 0 saturated heterocycles. The van der Waals surface area contributed by atoms with Crippen LogP contribution in [0.1, 0.15) is 26.3 Å². The molecule has 0 saturated carbocycles. The Morgan fingerprint density at radius 1 is 1.38 bits per heavy atom. The Morgan fingerprint density at radius 2 is 2.00 bits per heavy atom. The van der Waals surface area contributed by atoms with Crippen molar-refractivity contribution in [2.24, 2.45) is 0 Å². The Labute approximate surface area is 95.2 Å². The van der Waals surface area contributed by atoms with E-state index in [1.54, 1.807) is 32.9 Å². The van der Waals surface area contributed by atoms with Gasteiger partial charge in [-0.2, -0.15) is 0 Å². The lowest BCUT2D eigenvalue weighted by molar-refractivity contribution is 0.0635. The van der Waals surface area contributed by atoms with E-state index in [9.17, 15) is 9.90 Å². The van der Waals surface area contributed by atoms with Crippen LogP contribution in [-0.4, -0.2) is 16.8 Å². The van der Waals surface area contributed by atoms with Crippen molar-refractivity contribution in [2.45, 2.75) is 33.3 Å². The normalized spacial score (nSPS) is 11.0. The molecule has 0 atom stereocenters. The van der Waals surface area contributed by atoms with Gasteiger partial charge in [-0.05, 0) is 45.4 Å². The highest BCUT2D eigenvalue weighted by Gasteiger charge is 2.17. The number of amides is 1. The number of carbonyl (C=O) groups is 1. The second kappa shape index (κ2) is 4.43. The van der Waals surface area contributed by atoms with Crippen molar-refractivity contribution in [2.75, 3.05) is 5.32 Å². The summed E-state index contributed by atoms with van der Waals surface area (Å²) in [6.07, 6.45) is -0.576. The molecule has 0 bridgehead atoms. The molecule has 0 aliphatic carbocycles. The monoisotopic (exact) mass is 223 g/mol. The van der Waals surface area contributed by atoms with Gasteiger partial charge in [-0.1, -0.05) is 6.07 Å². The summed E-state index contributed by atoms with van der Waals surface area (Å²) < 4.78 is 5.08. The summed E-state index contributed by atoms with van der Waals surface area (Å²) in [4.78, 5) is 11.4. The Morgan fingerprint density at radius 3 is 2.56 bits per heavy atom. The van der Waals surface area contributed by atoms with Crippen molar-refractivity contribution in [3.05, 3.63) is 23.8 Å². The fourth-order valence-electron chi connectivity index (χ4n) is 1.16. The van der Waals surface area contributed by atoms with Gasteiger partial charge in [0.05, 0.1) is 5.69 Å². The van der Waals surface area contributed by atoms with E-state index in [0.717, 1.165) is 5.56 Å². The minimum atomic E-state index is -0.576. The molecule has 0 aliphatic rings. The molecule has 4 heteroatoms. The first kappa shape index (κ1) is 12.4. The maximum Gasteiger partial charge on any atom is 0.412 e. The lowest BCUT2D eigenvalue weighted by atomic mass is 10.2. The fourth-order valence-corrected chi connectivity index (χ4v) is 1.16. The van der Waals surface area contributed by atoms with Crippen molar-refractivity contribution < 1.29 is 14.6 Å². The highest BCUT2D eigenvalue weighted by molar-refractivity contribution is 5.87. The molecule has 88 valence electrons. The van der Waals surface area contributed by atoms with Crippen LogP contribution in [0.3, 0.4) is 0 Å². The Balaban J connectivity index is 2.73. The smallest absolute Gasteiger partial charge is 0.412 e. The van der Waals surface area contributed by atoms with Gasteiger partial charge >= 0.3 is 6.09 Å². The van der Waals surface area contributed by atoms with Crippen LogP contribution in [0.25, 0.3) is 0 Å². The highest BCUT2D eigenvalue weighted by atomic mass is 16.6. The molecule has 16 heavy (non-hydrogen) atoms. The van der Waals surface area contributed by atoms with Crippen LogP contribution in [0, 0.1) is 6.92 Å². The molecule has 2 N–H and O–H groups in total. The van der Waals surface area contributed by atoms with Crippen LogP contribution in [0.15, 0.2) is 18.2 Å². The zero-order valence-electron chi connectivity index (χ0n) is 10.00. The number of benzene rings is 1. The van der Waals surface area contributed by atoms with Gasteiger partial charge in [0, 0.05) is 0 Å². The van der Waals surface area contributed by atoms with Crippen molar-refractivity contribution in [3.8, 4) is 5.75 Å². The molecule has 0 radical (unpaired) electrons. The molecule has 1 rings (SSSR count). The molecule has 1 amide bonds. The van der Waals surface area contributed by atoms with Crippen LogP contribution in [0.4, 0.5) is 10.5 Å². The number of aromatic hydroxyl groups is 1. The second-order valence-electron chi connectivity index (χ2n) is 4.65. The maximum atomic E-state index is 11.4. The summed E-state index contributed by atoms with van der Waals surface area (Å²) >= 11 is 0. The standard InChI is InChI=1S/C12H17NO3/c1-8-5-6-10(14)9(7-8)13-11(15)16-12(2,3)4/h5-7,14H,1-4H3,(H,13,15). The third kappa shape index (κ3) is 3.81. The van der Waals surface area contributed by atoms with Crippen molar-refractivity contribution in [3.63, 3.8) is 0 Å². The van der Waals surface area contributed by atoms with Gasteiger partial charge in [0.2, 0.25) is 0 Å². The third-order valence-electron chi connectivity index (χ3n) is 1.79. The third-order valence-corrected chi connectivity index (χ3v) is 1.79. The predicted molar refractivity (Wildman–Crippen MR) is 62.7 cm³/mol. The summed E-state index contributed by atoms with van der Waals surface area (Å²) in [5, 5.41) is 12.0. The molecular formula is C12H17NO3. The molecule has 1 aromatic carbocycles. The first-order valence-corrected chi connectivity index (χ1v) is 5.07. The molecule has 4 nitrogen and oxygen atoms in total. The number of nitrogens with one attached hydrogen (secondary N) is 1. The molecule has 0 aliphatic heterocycles. The molecule has 0 spiro atoms. The average molecular weight is 223 g/mol. The zero-order chi connectivity index (χ0) is 12.3. The number of carbonyl (C=O) groups excluding carboxylic acids is 1. The number of rotatable bonds is 1. The van der Waals surface area contributed by atoms with Crippen LogP contribution >= 0.6 is 0 Å². The van der Waals surface area contributed by atoms with Crippen molar-refractivity contribution in [1.29, 1.82) is 0 Å². The minimum Gasteiger partial charge on any atom is -0.506 e. The number of aryl methyl sites for hydroxylation is 1. The van der Waals surface area contributed by atoms with Gasteiger partial charge in [0.15, 0.2) is 0 Å². The number of anilines is 1. The Hall–Kier alpha value is -1.71. The average Bonchev–Trinajstić information content (AvgIpc) is 2.08. The van der Waals surface area contributed by atoms with E-state index in [0.29, 0.717) is 5.69 Å². The molecular weight excluding hydrogens is 206 g/mol. The molecule has 0 fully saturated rings. The summed E-state index contributed by atoms with van der Waals surface area (Å²) in [5.41, 5.74) is 0.752. The largest absolute Gasteiger partial charge is 0.506 e. The van der Waals surface area contributed by atoms with E-state index in [-0.39, 0.29) is 5.75 Å². The van der Waals surface area contributed by atoms with E-state index >= 15 is 0 Å². The van der Waals surface area contributed by atoms with Crippen LogP contribution in [0.5, 0.6) is 5.75 Å². The number of phenols is 1. The Kier molecular flexibility index (Phi) is 3.42. The SMILES string of the molecule is Cc1ccc(O)c(NC(=O)OC(C)(C)C)c1. The van der Waals surface area contributed by atoms with Gasteiger partial charge in [-0.3, -0.25) is 5.32 Å². The predicted octanol–water partition coefficient (Wildman–Crippen LogP) is 3.05. The highest BCUT2D eigenvalue weighted by Crippen LogP contribution is 2.24. The van der Waals surface area contributed by atoms with Gasteiger partial charge in [0.1, 0.15) is 11.4 Å². The van der Waals surface area contributed by atoms with E-state index < -0.39 is 11.7 Å². The molecule has 0 aromatic heterocycles.